The highest BCUT2D eigenvalue weighted by Crippen LogP contribution is 2.36. The minimum Gasteiger partial charge on any atom is -0.452 e. The smallest absolute Gasteiger partial charge is 0.357 e. The normalized spacial score (nSPS) is 17.5. The Hall–Kier alpha value is -2.14. The van der Waals surface area contributed by atoms with Gasteiger partial charge in [-0.15, -0.1) is 0 Å². The van der Waals surface area contributed by atoms with Gasteiger partial charge < -0.3 is 14.4 Å². The van der Waals surface area contributed by atoms with Crippen LogP contribution in [0.5, 0.6) is 0 Å². The van der Waals surface area contributed by atoms with Crippen LogP contribution in [-0.4, -0.2) is 32.8 Å². The maximum Gasteiger partial charge on any atom is 0.357 e. The zero-order valence-electron chi connectivity index (χ0n) is 12.6. The third-order valence-electron chi connectivity index (χ3n) is 4.44. The molecule has 0 bridgehead atoms. The molecule has 1 N–H and O–H groups in total. The summed E-state index contributed by atoms with van der Waals surface area (Å²) in [5, 5.41) is 9.44. The SMILES string of the molecule is C[C@H](c1ccccc1)n1cncc1C(=O)OC1(CO)CCC1. The van der Waals surface area contributed by atoms with Crippen LogP contribution in [0.4, 0.5) is 0 Å². The Morgan fingerprint density at radius 1 is 1.41 bits per heavy atom. The van der Waals surface area contributed by atoms with Gasteiger partial charge in [-0.1, -0.05) is 30.3 Å². The minimum atomic E-state index is -0.692. The van der Waals surface area contributed by atoms with E-state index in [2.05, 4.69) is 4.98 Å². The van der Waals surface area contributed by atoms with Crippen molar-refractivity contribution in [2.75, 3.05) is 6.61 Å². The van der Waals surface area contributed by atoms with Crippen molar-refractivity contribution in [3.63, 3.8) is 0 Å². The van der Waals surface area contributed by atoms with Gasteiger partial charge in [-0.05, 0) is 31.7 Å². The molecule has 0 aliphatic heterocycles. The van der Waals surface area contributed by atoms with Crippen molar-refractivity contribution in [3.8, 4) is 0 Å². The molecule has 2 aromatic rings. The summed E-state index contributed by atoms with van der Waals surface area (Å²) in [5.41, 5.74) is 0.813. The Morgan fingerprint density at radius 3 is 2.73 bits per heavy atom. The third-order valence-corrected chi connectivity index (χ3v) is 4.44. The third kappa shape index (κ3) is 2.64. The van der Waals surface area contributed by atoms with Crippen molar-refractivity contribution in [1.29, 1.82) is 0 Å². The molecule has 1 fully saturated rings. The molecule has 1 aliphatic carbocycles. The number of carbonyl (C=O) groups is 1. The van der Waals surface area contributed by atoms with Crippen LogP contribution < -0.4 is 0 Å². The molecule has 1 saturated carbocycles. The van der Waals surface area contributed by atoms with Crippen molar-refractivity contribution in [3.05, 3.63) is 54.1 Å². The van der Waals surface area contributed by atoms with Crippen LogP contribution in [0.15, 0.2) is 42.9 Å². The molecule has 116 valence electrons. The summed E-state index contributed by atoms with van der Waals surface area (Å²) < 4.78 is 7.35. The van der Waals surface area contributed by atoms with Gasteiger partial charge in [0.15, 0.2) is 0 Å². The van der Waals surface area contributed by atoms with E-state index in [0.717, 1.165) is 24.8 Å². The summed E-state index contributed by atoms with van der Waals surface area (Å²) in [6.07, 6.45) is 5.58. The lowest BCUT2D eigenvalue weighted by Gasteiger charge is -2.39. The second-order valence-corrected chi connectivity index (χ2v) is 5.86. The lowest BCUT2D eigenvalue weighted by Crippen LogP contribution is -2.45. The predicted molar refractivity (Wildman–Crippen MR) is 81.6 cm³/mol. The van der Waals surface area contributed by atoms with E-state index < -0.39 is 11.6 Å². The lowest BCUT2D eigenvalue weighted by atomic mass is 9.81. The molecule has 3 rings (SSSR count). The number of imidazole rings is 1. The van der Waals surface area contributed by atoms with Gasteiger partial charge in [0.25, 0.3) is 0 Å². The zero-order valence-corrected chi connectivity index (χ0v) is 12.6. The van der Waals surface area contributed by atoms with Gasteiger partial charge in [0.1, 0.15) is 11.3 Å². The Balaban J connectivity index is 1.81. The van der Waals surface area contributed by atoms with Gasteiger partial charge >= 0.3 is 5.97 Å². The van der Waals surface area contributed by atoms with Crippen molar-refractivity contribution < 1.29 is 14.6 Å². The molecule has 1 aromatic carbocycles. The number of aromatic nitrogens is 2. The van der Waals surface area contributed by atoms with E-state index in [1.807, 2.05) is 37.3 Å². The quantitative estimate of drug-likeness (QED) is 0.862. The van der Waals surface area contributed by atoms with Gasteiger partial charge in [0, 0.05) is 0 Å². The Morgan fingerprint density at radius 2 is 2.14 bits per heavy atom. The Kier molecular flexibility index (Phi) is 3.98. The molecular weight excluding hydrogens is 280 g/mol. The van der Waals surface area contributed by atoms with Crippen molar-refractivity contribution in [2.24, 2.45) is 0 Å². The van der Waals surface area contributed by atoms with E-state index in [9.17, 15) is 9.90 Å². The summed E-state index contributed by atoms with van der Waals surface area (Å²) in [6, 6.07) is 9.91. The molecule has 5 nitrogen and oxygen atoms in total. The molecule has 1 heterocycles. The number of rotatable bonds is 5. The molecular formula is C17H20N2O3. The maximum atomic E-state index is 12.4. The molecule has 1 aromatic heterocycles. The summed E-state index contributed by atoms with van der Waals surface area (Å²) >= 11 is 0. The van der Waals surface area contributed by atoms with Crippen molar-refractivity contribution in [2.45, 2.75) is 37.8 Å². The van der Waals surface area contributed by atoms with E-state index in [-0.39, 0.29) is 12.6 Å². The number of aliphatic hydroxyl groups is 1. The highest BCUT2D eigenvalue weighted by molar-refractivity contribution is 5.87. The monoisotopic (exact) mass is 300 g/mol. The average Bonchev–Trinajstić information content (AvgIpc) is 3.00. The van der Waals surface area contributed by atoms with Crippen LogP contribution in [0, 0.1) is 0 Å². The number of ether oxygens (including phenoxy) is 1. The largest absolute Gasteiger partial charge is 0.452 e. The number of hydrogen-bond donors (Lipinski definition) is 1. The molecule has 22 heavy (non-hydrogen) atoms. The Bertz CT molecular complexity index is 641. The number of esters is 1. The number of carbonyl (C=O) groups excluding carboxylic acids is 1. The highest BCUT2D eigenvalue weighted by atomic mass is 16.6. The fraction of sp³-hybridized carbons (Fsp3) is 0.412. The maximum absolute atomic E-state index is 12.4. The second kappa shape index (κ2) is 5.93. The summed E-state index contributed by atoms with van der Waals surface area (Å²) in [4.78, 5) is 16.5. The topological polar surface area (TPSA) is 64.4 Å². The van der Waals surface area contributed by atoms with Crippen molar-refractivity contribution in [1.82, 2.24) is 9.55 Å². The highest BCUT2D eigenvalue weighted by Gasteiger charge is 2.41. The molecule has 1 atom stereocenters. The summed E-state index contributed by atoms with van der Waals surface area (Å²) in [6.45, 7) is 1.89. The first-order valence-corrected chi connectivity index (χ1v) is 7.56. The standard InChI is InChI=1S/C17H20N2O3/c1-13(14-6-3-2-4-7-14)19-12-18-10-15(19)16(21)22-17(11-20)8-5-9-17/h2-4,6-7,10,12-13,20H,5,8-9,11H2,1H3/t13-/m1/s1. The first kappa shape index (κ1) is 14.8. The molecule has 0 radical (unpaired) electrons. The average molecular weight is 300 g/mol. The van der Waals surface area contributed by atoms with E-state index in [4.69, 9.17) is 4.74 Å². The number of benzene rings is 1. The summed E-state index contributed by atoms with van der Waals surface area (Å²) in [5.74, 6) is -0.422. The van der Waals surface area contributed by atoms with Gasteiger partial charge in [0.05, 0.1) is 25.2 Å². The summed E-state index contributed by atoms with van der Waals surface area (Å²) in [7, 11) is 0. The fourth-order valence-corrected chi connectivity index (χ4v) is 2.78. The van der Waals surface area contributed by atoms with Crippen LogP contribution in [-0.2, 0) is 4.74 Å². The van der Waals surface area contributed by atoms with Crippen molar-refractivity contribution >= 4 is 5.97 Å². The van der Waals surface area contributed by atoms with E-state index in [1.165, 1.54) is 6.20 Å². The second-order valence-electron chi connectivity index (χ2n) is 5.86. The zero-order chi connectivity index (χ0) is 15.6. The number of nitrogens with zero attached hydrogens (tertiary/aromatic N) is 2. The lowest BCUT2D eigenvalue weighted by molar-refractivity contribution is -0.0917. The first-order valence-electron chi connectivity index (χ1n) is 7.56. The van der Waals surface area contributed by atoms with Crippen LogP contribution in [0.25, 0.3) is 0 Å². The van der Waals surface area contributed by atoms with Gasteiger partial charge in [0.2, 0.25) is 0 Å². The van der Waals surface area contributed by atoms with Crippen LogP contribution in [0.2, 0.25) is 0 Å². The van der Waals surface area contributed by atoms with Gasteiger partial charge in [-0.3, -0.25) is 0 Å². The molecule has 0 unspecified atom stereocenters. The van der Waals surface area contributed by atoms with E-state index >= 15 is 0 Å². The number of hydrogen-bond acceptors (Lipinski definition) is 4. The van der Waals surface area contributed by atoms with E-state index in [1.54, 1.807) is 10.9 Å². The van der Waals surface area contributed by atoms with E-state index in [0.29, 0.717) is 5.69 Å². The van der Waals surface area contributed by atoms with Crippen LogP contribution in [0.3, 0.4) is 0 Å². The molecule has 0 amide bonds. The molecule has 5 heteroatoms. The predicted octanol–water partition coefficient (Wildman–Crippen LogP) is 2.56. The fourth-order valence-electron chi connectivity index (χ4n) is 2.78. The molecule has 0 saturated heterocycles. The van der Waals surface area contributed by atoms with Crippen LogP contribution >= 0.6 is 0 Å². The minimum absolute atomic E-state index is 0.0160. The Labute approximate surface area is 129 Å². The van der Waals surface area contributed by atoms with Crippen LogP contribution in [0.1, 0.15) is 48.3 Å². The number of aliphatic hydroxyl groups excluding tert-OH is 1. The molecule has 0 spiro atoms. The van der Waals surface area contributed by atoms with Gasteiger partial charge in [-0.25, -0.2) is 9.78 Å². The van der Waals surface area contributed by atoms with Gasteiger partial charge in [-0.2, -0.15) is 0 Å². The first-order chi connectivity index (χ1) is 10.7. The molecule has 1 aliphatic rings.